The lowest BCUT2D eigenvalue weighted by Crippen LogP contribution is -2.53. The van der Waals surface area contributed by atoms with Crippen molar-refractivity contribution in [2.45, 2.75) is 53.4 Å². The minimum absolute atomic E-state index is 0.00532. The van der Waals surface area contributed by atoms with Gasteiger partial charge in [-0.3, -0.25) is 4.79 Å². The first-order valence-electron chi connectivity index (χ1n) is 6.60. The van der Waals surface area contributed by atoms with Gasteiger partial charge in [0.25, 0.3) is 0 Å². The quantitative estimate of drug-likeness (QED) is 0.566. The maximum absolute atomic E-state index is 12.6. The Balaban J connectivity index is 2.16. The van der Waals surface area contributed by atoms with E-state index in [-0.39, 0.29) is 10.8 Å². The molecule has 1 nitrogen and oxygen atoms in total. The zero-order valence-corrected chi connectivity index (χ0v) is 10.9. The molecule has 4 aliphatic rings. The molecule has 4 atom stereocenters. The van der Waals surface area contributed by atoms with Crippen LogP contribution in [0.1, 0.15) is 53.4 Å². The van der Waals surface area contributed by atoms with Crippen molar-refractivity contribution in [3.8, 4) is 0 Å². The molecular weight excluding hydrogens is 196 g/mol. The molecule has 4 fully saturated rings. The van der Waals surface area contributed by atoms with Gasteiger partial charge >= 0.3 is 0 Å². The van der Waals surface area contributed by atoms with Gasteiger partial charge in [-0.05, 0) is 51.4 Å². The smallest absolute Gasteiger partial charge is 0.145 e. The number of hydrogen-bond acceptors (Lipinski definition) is 1. The van der Waals surface area contributed by atoms with Gasteiger partial charge in [0.2, 0.25) is 0 Å². The predicted molar refractivity (Wildman–Crippen MR) is 65.0 cm³/mol. The third kappa shape index (κ3) is 1.00. The first kappa shape index (κ1) is 10.6. The van der Waals surface area contributed by atoms with Crippen LogP contribution in [-0.4, -0.2) is 5.78 Å². The zero-order chi connectivity index (χ0) is 11.7. The summed E-state index contributed by atoms with van der Waals surface area (Å²) in [7, 11) is 0. The fourth-order valence-corrected chi connectivity index (χ4v) is 4.88. The fraction of sp³-hybridized carbons (Fsp3) is 0.800. The van der Waals surface area contributed by atoms with Crippen LogP contribution >= 0.6 is 0 Å². The molecular formula is C15H22O. The summed E-state index contributed by atoms with van der Waals surface area (Å²) in [5, 5.41) is 0. The van der Waals surface area contributed by atoms with Gasteiger partial charge in [-0.25, -0.2) is 0 Å². The van der Waals surface area contributed by atoms with E-state index < -0.39 is 0 Å². The Morgan fingerprint density at radius 1 is 1.31 bits per heavy atom. The molecule has 0 radical (unpaired) electrons. The second-order valence-corrected chi connectivity index (χ2v) is 6.97. The second kappa shape index (κ2) is 2.80. The van der Waals surface area contributed by atoms with Crippen molar-refractivity contribution >= 4 is 5.78 Å². The standard InChI is InChI=1S/C15H22O/c1-9(2)10-8-15(4)12-5-6-14(3,13(15)16)7-11(10)12/h11-12H,5-8H2,1-4H3/t11?,12-,14+,15+/m1/s1. The number of rotatable bonds is 0. The Bertz CT molecular complexity index is 402. The van der Waals surface area contributed by atoms with Gasteiger partial charge < -0.3 is 0 Å². The van der Waals surface area contributed by atoms with Gasteiger partial charge in [0.15, 0.2) is 0 Å². The van der Waals surface area contributed by atoms with Crippen LogP contribution in [0.4, 0.5) is 0 Å². The number of fused-ring (bicyclic) bond motifs is 1. The predicted octanol–water partition coefficient (Wildman–Crippen LogP) is 3.74. The van der Waals surface area contributed by atoms with Gasteiger partial charge in [-0.1, -0.05) is 25.0 Å². The number of allylic oxidation sites excluding steroid dienone is 2. The van der Waals surface area contributed by atoms with E-state index in [4.69, 9.17) is 0 Å². The van der Waals surface area contributed by atoms with E-state index in [1.165, 1.54) is 12.0 Å². The number of ketones is 1. The molecule has 0 amide bonds. The van der Waals surface area contributed by atoms with Crippen LogP contribution < -0.4 is 0 Å². The van der Waals surface area contributed by atoms with Gasteiger partial charge in [0.05, 0.1) is 0 Å². The number of hydrogen-bond donors (Lipinski definition) is 0. The molecule has 1 heteroatoms. The van der Waals surface area contributed by atoms with Crippen LogP contribution in [0.25, 0.3) is 0 Å². The Labute approximate surface area is 98.3 Å². The number of carbonyl (C=O) groups is 1. The largest absolute Gasteiger partial charge is 0.298 e. The van der Waals surface area contributed by atoms with E-state index in [2.05, 4.69) is 27.7 Å². The summed E-state index contributed by atoms with van der Waals surface area (Å²) in [5.74, 6) is 1.96. The molecule has 0 heterocycles. The molecule has 0 aromatic rings. The van der Waals surface area contributed by atoms with Gasteiger partial charge in [0, 0.05) is 10.8 Å². The van der Waals surface area contributed by atoms with E-state index in [1.807, 2.05) is 0 Å². The Kier molecular flexibility index (Phi) is 1.85. The molecule has 1 unspecified atom stereocenters. The van der Waals surface area contributed by atoms with Crippen molar-refractivity contribution in [1.29, 1.82) is 0 Å². The lowest BCUT2D eigenvalue weighted by molar-refractivity contribution is -0.153. The van der Waals surface area contributed by atoms with E-state index in [1.54, 1.807) is 5.57 Å². The fourth-order valence-electron chi connectivity index (χ4n) is 4.88. The Hall–Kier alpha value is -0.590. The summed E-state index contributed by atoms with van der Waals surface area (Å²) in [6.45, 7) is 8.89. The number of carbonyl (C=O) groups excluding carboxylic acids is 1. The first-order chi connectivity index (χ1) is 7.38. The normalized spacial score (nSPS) is 50.0. The van der Waals surface area contributed by atoms with Crippen molar-refractivity contribution < 1.29 is 4.79 Å². The van der Waals surface area contributed by atoms with Gasteiger partial charge in [-0.2, -0.15) is 0 Å². The molecule has 0 N–H and O–H groups in total. The lowest BCUT2D eigenvalue weighted by atomic mass is 9.50. The Morgan fingerprint density at radius 3 is 2.62 bits per heavy atom. The molecule has 88 valence electrons. The third-order valence-electron chi connectivity index (χ3n) is 5.70. The third-order valence-corrected chi connectivity index (χ3v) is 5.70. The maximum Gasteiger partial charge on any atom is 0.145 e. The summed E-state index contributed by atoms with van der Waals surface area (Å²) in [4.78, 5) is 12.6. The molecule has 0 spiro atoms. The monoisotopic (exact) mass is 218 g/mol. The highest BCUT2D eigenvalue weighted by Gasteiger charge is 2.64. The van der Waals surface area contributed by atoms with Crippen molar-refractivity contribution in [1.82, 2.24) is 0 Å². The van der Waals surface area contributed by atoms with E-state index in [0.717, 1.165) is 25.2 Å². The van der Waals surface area contributed by atoms with Crippen LogP contribution in [0.3, 0.4) is 0 Å². The molecule has 4 saturated carbocycles. The summed E-state index contributed by atoms with van der Waals surface area (Å²) in [6.07, 6.45) is 4.60. The Morgan fingerprint density at radius 2 is 2.00 bits per heavy atom. The minimum atomic E-state index is -0.0114. The maximum atomic E-state index is 12.6. The SMILES string of the molecule is CC(C)=C1C[C@]2(C)C(=O)[C@@]3(C)CC[C@@H]2C1C3. The lowest BCUT2D eigenvalue weighted by Gasteiger charge is -2.52. The van der Waals surface area contributed by atoms with Crippen LogP contribution in [-0.2, 0) is 4.79 Å². The molecule has 16 heavy (non-hydrogen) atoms. The first-order valence-corrected chi connectivity index (χ1v) is 6.60. The van der Waals surface area contributed by atoms with Crippen molar-refractivity contribution in [3.05, 3.63) is 11.1 Å². The summed E-state index contributed by atoms with van der Waals surface area (Å²) < 4.78 is 0. The van der Waals surface area contributed by atoms with Crippen LogP contribution in [0.5, 0.6) is 0 Å². The zero-order valence-electron chi connectivity index (χ0n) is 10.9. The summed E-state index contributed by atoms with van der Waals surface area (Å²) in [6, 6.07) is 0. The average Bonchev–Trinajstić information content (AvgIpc) is 2.47. The molecule has 4 aliphatic carbocycles. The molecule has 0 aliphatic heterocycles. The van der Waals surface area contributed by atoms with E-state index in [9.17, 15) is 4.79 Å². The molecule has 4 rings (SSSR count). The number of Topliss-reactive ketones (excluding diaryl/α,β-unsaturated/α-hetero) is 1. The molecule has 0 aromatic heterocycles. The van der Waals surface area contributed by atoms with Crippen molar-refractivity contribution in [2.24, 2.45) is 22.7 Å². The van der Waals surface area contributed by atoms with Crippen LogP contribution in [0.15, 0.2) is 11.1 Å². The van der Waals surface area contributed by atoms with Gasteiger partial charge in [0.1, 0.15) is 5.78 Å². The van der Waals surface area contributed by atoms with Crippen molar-refractivity contribution in [3.63, 3.8) is 0 Å². The van der Waals surface area contributed by atoms with E-state index >= 15 is 0 Å². The molecule has 4 bridgehead atoms. The highest BCUT2D eigenvalue weighted by Crippen LogP contribution is 2.67. The van der Waals surface area contributed by atoms with E-state index in [0.29, 0.717) is 11.7 Å². The topological polar surface area (TPSA) is 17.1 Å². The summed E-state index contributed by atoms with van der Waals surface area (Å²) >= 11 is 0. The van der Waals surface area contributed by atoms with Crippen LogP contribution in [0, 0.1) is 22.7 Å². The van der Waals surface area contributed by atoms with Crippen molar-refractivity contribution in [2.75, 3.05) is 0 Å². The molecule has 0 aromatic carbocycles. The molecule has 0 saturated heterocycles. The summed E-state index contributed by atoms with van der Waals surface area (Å²) in [5.41, 5.74) is 3.08. The minimum Gasteiger partial charge on any atom is -0.298 e. The average molecular weight is 218 g/mol. The second-order valence-electron chi connectivity index (χ2n) is 6.97. The highest BCUT2D eigenvalue weighted by atomic mass is 16.1. The van der Waals surface area contributed by atoms with Crippen LogP contribution in [0.2, 0.25) is 0 Å². The highest BCUT2D eigenvalue weighted by molar-refractivity contribution is 5.93. The van der Waals surface area contributed by atoms with Gasteiger partial charge in [-0.15, -0.1) is 0 Å².